The second-order valence-corrected chi connectivity index (χ2v) is 5.26. The smallest absolute Gasteiger partial charge is 0.115 e. The summed E-state index contributed by atoms with van der Waals surface area (Å²) in [4.78, 5) is 0. The monoisotopic (exact) mass is 295 g/mol. The Bertz CT molecular complexity index is 572. The van der Waals surface area contributed by atoms with Gasteiger partial charge in [0, 0.05) is 12.6 Å². The van der Waals surface area contributed by atoms with Gasteiger partial charge in [-0.25, -0.2) is 0 Å². The average molecular weight is 296 g/mol. The summed E-state index contributed by atoms with van der Waals surface area (Å²) in [5, 5.41) is 14.0. The first kappa shape index (κ1) is 14.2. The lowest BCUT2D eigenvalue weighted by atomic mass is 10.1. The van der Waals surface area contributed by atoms with Crippen molar-refractivity contribution in [3.8, 4) is 5.75 Å². The van der Waals surface area contributed by atoms with Crippen molar-refractivity contribution in [1.29, 1.82) is 0 Å². The van der Waals surface area contributed by atoms with Crippen LogP contribution in [0, 0.1) is 0 Å². The van der Waals surface area contributed by atoms with E-state index in [4.69, 9.17) is 23.2 Å². The van der Waals surface area contributed by atoms with Crippen molar-refractivity contribution in [3.63, 3.8) is 0 Å². The van der Waals surface area contributed by atoms with Crippen LogP contribution in [0.1, 0.15) is 24.1 Å². The van der Waals surface area contributed by atoms with Crippen molar-refractivity contribution >= 4 is 23.2 Å². The fourth-order valence-electron chi connectivity index (χ4n) is 1.83. The van der Waals surface area contributed by atoms with E-state index in [0.29, 0.717) is 16.6 Å². The highest BCUT2D eigenvalue weighted by Crippen LogP contribution is 2.23. The van der Waals surface area contributed by atoms with Crippen LogP contribution in [0.25, 0.3) is 0 Å². The van der Waals surface area contributed by atoms with Crippen LogP contribution in [0.5, 0.6) is 5.75 Å². The molecule has 1 unspecified atom stereocenters. The summed E-state index contributed by atoms with van der Waals surface area (Å²) in [5.74, 6) is 0.278. The summed E-state index contributed by atoms with van der Waals surface area (Å²) in [7, 11) is 0. The third kappa shape index (κ3) is 3.87. The zero-order valence-electron chi connectivity index (χ0n) is 10.5. The van der Waals surface area contributed by atoms with Gasteiger partial charge in [0.05, 0.1) is 10.0 Å². The van der Waals surface area contributed by atoms with Gasteiger partial charge in [-0.15, -0.1) is 0 Å². The molecule has 0 saturated heterocycles. The first-order valence-corrected chi connectivity index (χ1v) is 6.78. The van der Waals surface area contributed by atoms with Gasteiger partial charge in [0.15, 0.2) is 0 Å². The number of rotatable bonds is 4. The van der Waals surface area contributed by atoms with E-state index in [-0.39, 0.29) is 11.8 Å². The fourth-order valence-corrected chi connectivity index (χ4v) is 2.15. The van der Waals surface area contributed by atoms with Crippen LogP contribution < -0.4 is 5.32 Å². The van der Waals surface area contributed by atoms with Crippen LogP contribution in [-0.4, -0.2) is 5.11 Å². The number of phenolic OH excluding ortho intramolecular Hbond substituents is 1. The van der Waals surface area contributed by atoms with Gasteiger partial charge in [0.2, 0.25) is 0 Å². The minimum atomic E-state index is 0.140. The lowest BCUT2D eigenvalue weighted by Crippen LogP contribution is -2.17. The topological polar surface area (TPSA) is 32.3 Å². The molecular weight excluding hydrogens is 281 g/mol. The summed E-state index contributed by atoms with van der Waals surface area (Å²) >= 11 is 11.9. The molecule has 0 aliphatic carbocycles. The summed E-state index contributed by atoms with van der Waals surface area (Å²) in [6.45, 7) is 2.74. The highest BCUT2D eigenvalue weighted by Gasteiger charge is 2.06. The van der Waals surface area contributed by atoms with Crippen LogP contribution in [0.15, 0.2) is 42.5 Å². The van der Waals surface area contributed by atoms with Gasteiger partial charge in [-0.1, -0.05) is 41.4 Å². The third-order valence-corrected chi connectivity index (χ3v) is 3.71. The van der Waals surface area contributed by atoms with Crippen molar-refractivity contribution in [2.45, 2.75) is 19.5 Å². The Balaban J connectivity index is 2.00. The van der Waals surface area contributed by atoms with Gasteiger partial charge >= 0.3 is 0 Å². The molecule has 2 aromatic rings. The molecule has 0 aliphatic rings. The number of hydrogen-bond acceptors (Lipinski definition) is 2. The molecule has 0 saturated carbocycles. The quantitative estimate of drug-likeness (QED) is 0.867. The maximum Gasteiger partial charge on any atom is 0.115 e. The van der Waals surface area contributed by atoms with Crippen LogP contribution in [0.3, 0.4) is 0 Å². The number of hydrogen-bond donors (Lipinski definition) is 2. The number of aromatic hydroxyl groups is 1. The maximum absolute atomic E-state index is 9.45. The van der Waals surface area contributed by atoms with Crippen molar-refractivity contribution in [2.75, 3.05) is 0 Å². The van der Waals surface area contributed by atoms with Gasteiger partial charge in [0.1, 0.15) is 5.75 Å². The van der Waals surface area contributed by atoms with E-state index in [1.165, 1.54) is 0 Å². The van der Waals surface area contributed by atoms with Crippen LogP contribution in [0.4, 0.5) is 0 Å². The standard InChI is InChI=1S/C15H15Cl2NO/c1-10(12-3-2-4-13(19)8-12)18-9-11-5-6-14(16)15(17)7-11/h2-8,10,18-19H,9H2,1H3. The van der Waals surface area contributed by atoms with E-state index >= 15 is 0 Å². The zero-order valence-corrected chi connectivity index (χ0v) is 12.0. The minimum absolute atomic E-state index is 0.140. The number of phenols is 1. The first-order valence-electron chi connectivity index (χ1n) is 6.02. The number of benzene rings is 2. The molecule has 0 aliphatic heterocycles. The Morgan fingerprint density at radius 1 is 1.11 bits per heavy atom. The molecule has 100 valence electrons. The van der Waals surface area contributed by atoms with Crippen LogP contribution >= 0.6 is 23.2 Å². The summed E-state index contributed by atoms with van der Waals surface area (Å²) in [6.07, 6.45) is 0. The largest absolute Gasteiger partial charge is 0.508 e. The molecule has 0 bridgehead atoms. The molecule has 0 amide bonds. The van der Waals surface area contributed by atoms with E-state index in [0.717, 1.165) is 11.1 Å². The molecule has 4 heteroatoms. The van der Waals surface area contributed by atoms with E-state index < -0.39 is 0 Å². The molecule has 2 nitrogen and oxygen atoms in total. The Kier molecular flexibility index (Phi) is 4.70. The summed E-state index contributed by atoms with van der Waals surface area (Å²) in [5.41, 5.74) is 2.11. The van der Waals surface area contributed by atoms with E-state index in [1.54, 1.807) is 18.2 Å². The molecule has 0 radical (unpaired) electrons. The number of nitrogens with one attached hydrogen (secondary N) is 1. The predicted octanol–water partition coefficient (Wildman–Crippen LogP) is 4.55. The Morgan fingerprint density at radius 3 is 2.58 bits per heavy atom. The molecule has 0 aromatic heterocycles. The van der Waals surface area contributed by atoms with Gasteiger partial charge in [-0.05, 0) is 42.3 Å². The maximum atomic E-state index is 9.45. The molecule has 0 spiro atoms. The lowest BCUT2D eigenvalue weighted by Gasteiger charge is -2.15. The van der Waals surface area contributed by atoms with Crippen molar-refractivity contribution in [3.05, 3.63) is 63.6 Å². The first-order chi connectivity index (χ1) is 9.06. The second-order valence-electron chi connectivity index (χ2n) is 4.45. The zero-order chi connectivity index (χ0) is 13.8. The molecule has 0 fully saturated rings. The predicted molar refractivity (Wildman–Crippen MR) is 79.8 cm³/mol. The molecule has 2 aromatic carbocycles. The van der Waals surface area contributed by atoms with E-state index in [1.807, 2.05) is 31.2 Å². The van der Waals surface area contributed by atoms with Crippen molar-refractivity contribution in [2.24, 2.45) is 0 Å². The van der Waals surface area contributed by atoms with Crippen LogP contribution in [-0.2, 0) is 6.54 Å². The van der Waals surface area contributed by atoms with E-state index in [2.05, 4.69) is 5.32 Å². The molecular formula is C15H15Cl2NO. The molecule has 2 N–H and O–H groups in total. The Labute approximate surface area is 123 Å². The van der Waals surface area contributed by atoms with Crippen molar-refractivity contribution in [1.82, 2.24) is 5.32 Å². The Morgan fingerprint density at radius 2 is 1.89 bits per heavy atom. The normalized spacial score (nSPS) is 12.4. The molecule has 2 rings (SSSR count). The third-order valence-electron chi connectivity index (χ3n) is 2.97. The highest BCUT2D eigenvalue weighted by molar-refractivity contribution is 6.42. The van der Waals surface area contributed by atoms with E-state index in [9.17, 15) is 5.11 Å². The lowest BCUT2D eigenvalue weighted by molar-refractivity contribution is 0.472. The van der Waals surface area contributed by atoms with Gasteiger partial charge in [-0.3, -0.25) is 0 Å². The highest BCUT2D eigenvalue weighted by atomic mass is 35.5. The SMILES string of the molecule is CC(NCc1ccc(Cl)c(Cl)c1)c1cccc(O)c1. The van der Waals surface area contributed by atoms with Gasteiger partial charge in [0.25, 0.3) is 0 Å². The van der Waals surface area contributed by atoms with Gasteiger partial charge < -0.3 is 10.4 Å². The van der Waals surface area contributed by atoms with Crippen LogP contribution in [0.2, 0.25) is 10.0 Å². The second kappa shape index (κ2) is 6.29. The summed E-state index contributed by atoms with van der Waals surface area (Å²) in [6, 6.07) is 13.0. The Hall–Kier alpha value is -1.22. The molecule has 1 atom stereocenters. The molecule has 0 heterocycles. The fraction of sp³-hybridized carbons (Fsp3) is 0.200. The summed E-state index contributed by atoms with van der Waals surface area (Å²) < 4.78 is 0. The molecule has 19 heavy (non-hydrogen) atoms. The van der Waals surface area contributed by atoms with Gasteiger partial charge in [-0.2, -0.15) is 0 Å². The minimum Gasteiger partial charge on any atom is -0.508 e. The van der Waals surface area contributed by atoms with Crippen molar-refractivity contribution < 1.29 is 5.11 Å². The average Bonchev–Trinajstić information content (AvgIpc) is 2.40. The number of halogens is 2.